The van der Waals surface area contributed by atoms with Crippen LogP contribution in [-0.2, 0) is 9.59 Å². The standard InChI is InChI=1S/C47H51ClN8O5/c48-40-23-37(6-3-33(40)24-49)53-20-15-47(29-53)13-18-52(19-14-47)34-4-1-32(2-5-34)44(59)55-27-30-21-31(28-55)26-54(25-30)35-11-16-51(17-12-35)36-7-8-38-39(22-36)46(61)56(45(38)60)41-9-10-42(57)50-43(41)58/h1-8,22-23,30-31,35,41H,9-21,25-29H2,(H,50,57,58)/t30-,31?,41?/m0/s1. The number of rotatable bonds is 6. The maximum absolute atomic E-state index is 13.9. The Morgan fingerprint density at radius 1 is 0.721 bits per heavy atom. The number of carbonyl (C=O) groups is 5. The number of fused-ring (bicyclic) bond motifs is 3. The molecule has 6 saturated heterocycles. The number of imide groups is 2. The molecule has 3 aromatic carbocycles. The fourth-order valence-corrected chi connectivity index (χ4v) is 11.7. The van der Waals surface area contributed by atoms with Crippen LogP contribution in [0.2, 0.25) is 5.02 Å². The normalized spacial score (nSPS) is 25.6. The van der Waals surface area contributed by atoms with E-state index in [0.717, 1.165) is 126 Å². The second-order valence-corrected chi connectivity index (χ2v) is 18.9. The van der Waals surface area contributed by atoms with Gasteiger partial charge in [-0.25, -0.2) is 0 Å². The van der Waals surface area contributed by atoms with Crippen LogP contribution >= 0.6 is 11.6 Å². The molecule has 0 saturated carbocycles. The number of nitrogens with zero attached hydrogens (tertiary/aromatic N) is 7. The summed E-state index contributed by atoms with van der Waals surface area (Å²) in [4.78, 5) is 77.6. The number of carbonyl (C=O) groups excluding carboxylic acids is 5. The molecule has 6 fully saturated rings. The van der Waals surface area contributed by atoms with Gasteiger partial charge in [-0.2, -0.15) is 5.26 Å². The molecular formula is C47H51ClN8O5. The highest BCUT2D eigenvalue weighted by Gasteiger charge is 2.46. The lowest BCUT2D eigenvalue weighted by Crippen LogP contribution is -2.57. The minimum atomic E-state index is -0.973. The number of benzene rings is 3. The van der Waals surface area contributed by atoms with Crippen molar-refractivity contribution in [2.24, 2.45) is 17.3 Å². The lowest BCUT2D eigenvalue weighted by molar-refractivity contribution is -0.136. The van der Waals surface area contributed by atoms with Crippen LogP contribution in [0.15, 0.2) is 60.7 Å². The first-order valence-corrected chi connectivity index (χ1v) is 22.4. The third-order valence-electron chi connectivity index (χ3n) is 14.8. The van der Waals surface area contributed by atoms with Gasteiger partial charge in [0.05, 0.1) is 21.7 Å². The predicted octanol–water partition coefficient (Wildman–Crippen LogP) is 5.17. The van der Waals surface area contributed by atoms with Crippen molar-refractivity contribution in [1.82, 2.24) is 20.0 Å². The van der Waals surface area contributed by atoms with E-state index in [0.29, 0.717) is 39.6 Å². The molecule has 0 aliphatic carbocycles. The Kier molecular flexibility index (Phi) is 10.3. The second kappa shape index (κ2) is 15.8. The average molecular weight is 843 g/mol. The Balaban J connectivity index is 0.696. The molecule has 5 amide bonds. The Labute approximate surface area is 361 Å². The van der Waals surface area contributed by atoms with Crippen LogP contribution in [0.25, 0.3) is 0 Å². The van der Waals surface area contributed by atoms with Gasteiger partial charge in [-0.15, -0.1) is 0 Å². The number of hydrogen-bond acceptors (Lipinski definition) is 10. The maximum Gasteiger partial charge on any atom is 0.262 e. The summed E-state index contributed by atoms with van der Waals surface area (Å²) in [7, 11) is 0. The maximum atomic E-state index is 13.9. The summed E-state index contributed by atoms with van der Waals surface area (Å²) in [5, 5.41) is 12.0. The fraction of sp³-hybridized carbons (Fsp3) is 0.489. The van der Waals surface area contributed by atoms with Gasteiger partial charge in [0.15, 0.2) is 0 Å². The SMILES string of the molecule is N#Cc1ccc(N2CCC3(CCN(c4ccc(C(=O)N5CC6C[C@H](C5)CN(C5CCN(c7ccc8c(c7)C(=O)N(C7CCC(=O)NC7=O)C8=O)CC5)C6)cc4)CC3)C2)cc1Cl. The summed E-state index contributed by atoms with van der Waals surface area (Å²) < 4.78 is 0. The predicted molar refractivity (Wildman–Crippen MR) is 231 cm³/mol. The smallest absolute Gasteiger partial charge is 0.262 e. The molecular weight excluding hydrogens is 792 g/mol. The van der Waals surface area contributed by atoms with Gasteiger partial charge < -0.3 is 19.6 Å². The zero-order valence-electron chi connectivity index (χ0n) is 34.4. The summed E-state index contributed by atoms with van der Waals surface area (Å²) >= 11 is 6.35. The summed E-state index contributed by atoms with van der Waals surface area (Å²) in [6.45, 7) is 9.20. The number of likely N-dealkylation sites (tertiary alicyclic amines) is 2. The van der Waals surface area contributed by atoms with E-state index < -0.39 is 23.8 Å². The average Bonchev–Trinajstić information content (AvgIpc) is 3.80. The third-order valence-corrected chi connectivity index (χ3v) is 15.2. The zero-order chi connectivity index (χ0) is 42.0. The van der Waals surface area contributed by atoms with Crippen molar-refractivity contribution in [3.05, 3.63) is 87.9 Å². The van der Waals surface area contributed by atoms with Crippen molar-refractivity contribution in [2.75, 3.05) is 80.1 Å². The van der Waals surface area contributed by atoms with Gasteiger partial charge in [0.1, 0.15) is 12.1 Å². The van der Waals surface area contributed by atoms with Gasteiger partial charge in [0, 0.05) is 101 Å². The first-order valence-electron chi connectivity index (χ1n) is 22.0. The van der Waals surface area contributed by atoms with Crippen molar-refractivity contribution in [3.63, 3.8) is 0 Å². The van der Waals surface area contributed by atoms with Gasteiger partial charge in [-0.1, -0.05) is 11.6 Å². The van der Waals surface area contributed by atoms with E-state index >= 15 is 0 Å². The van der Waals surface area contributed by atoms with Gasteiger partial charge >= 0.3 is 0 Å². The van der Waals surface area contributed by atoms with Gasteiger partial charge in [-0.05, 0) is 123 Å². The number of halogens is 1. The molecule has 0 radical (unpaired) electrons. The minimum absolute atomic E-state index is 0.0937. The van der Waals surface area contributed by atoms with Crippen molar-refractivity contribution in [2.45, 2.75) is 63.5 Å². The van der Waals surface area contributed by atoms with Gasteiger partial charge in [-0.3, -0.25) is 39.1 Å². The second-order valence-electron chi connectivity index (χ2n) is 18.5. The minimum Gasteiger partial charge on any atom is -0.371 e. The Morgan fingerprint density at radius 2 is 1.34 bits per heavy atom. The number of piperidine rings is 5. The van der Waals surface area contributed by atoms with Crippen LogP contribution in [-0.4, -0.2) is 122 Å². The number of anilines is 3. The van der Waals surface area contributed by atoms with Crippen molar-refractivity contribution in [3.8, 4) is 6.07 Å². The molecule has 2 unspecified atom stereocenters. The van der Waals surface area contributed by atoms with Crippen LogP contribution in [0.5, 0.6) is 0 Å². The molecule has 13 nitrogen and oxygen atoms in total. The molecule has 7 aliphatic rings. The first-order chi connectivity index (χ1) is 29.5. The highest BCUT2D eigenvalue weighted by Crippen LogP contribution is 2.43. The number of nitrogens with one attached hydrogen (secondary N) is 1. The molecule has 7 aliphatic heterocycles. The number of amides is 5. The first kappa shape index (κ1) is 39.7. The molecule has 3 aromatic rings. The number of hydrogen-bond donors (Lipinski definition) is 1. The van der Waals surface area contributed by atoms with Crippen LogP contribution < -0.4 is 20.0 Å². The lowest BCUT2D eigenvalue weighted by Gasteiger charge is -2.49. The summed E-state index contributed by atoms with van der Waals surface area (Å²) in [6.07, 6.45) is 6.77. The number of nitriles is 1. The van der Waals surface area contributed by atoms with E-state index in [2.05, 4.69) is 48.0 Å². The molecule has 1 spiro atoms. The lowest BCUT2D eigenvalue weighted by atomic mass is 9.77. The van der Waals surface area contributed by atoms with E-state index in [1.807, 2.05) is 36.4 Å². The zero-order valence-corrected chi connectivity index (χ0v) is 35.1. The topological polar surface area (TPSA) is 141 Å². The van der Waals surface area contributed by atoms with Crippen molar-refractivity contribution >= 4 is 58.2 Å². The van der Waals surface area contributed by atoms with Crippen LogP contribution in [0, 0.1) is 28.6 Å². The Bertz CT molecular complexity index is 2320. The van der Waals surface area contributed by atoms with Crippen LogP contribution in [0.3, 0.4) is 0 Å². The summed E-state index contributed by atoms with van der Waals surface area (Å²) in [5.41, 5.74) is 5.34. The monoisotopic (exact) mass is 842 g/mol. The molecule has 2 bridgehead atoms. The largest absolute Gasteiger partial charge is 0.371 e. The quantitative estimate of drug-likeness (QED) is 0.331. The van der Waals surface area contributed by atoms with Crippen LogP contribution in [0.4, 0.5) is 17.1 Å². The molecule has 61 heavy (non-hydrogen) atoms. The van der Waals surface area contributed by atoms with Gasteiger partial charge in [0.25, 0.3) is 17.7 Å². The fourth-order valence-electron chi connectivity index (χ4n) is 11.5. The Hall–Kier alpha value is -5.45. The third kappa shape index (κ3) is 7.41. The molecule has 316 valence electrons. The highest BCUT2D eigenvalue weighted by molar-refractivity contribution is 6.32. The molecule has 0 aromatic heterocycles. The van der Waals surface area contributed by atoms with E-state index in [1.54, 1.807) is 12.1 Å². The summed E-state index contributed by atoms with van der Waals surface area (Å²) in [5.74, 6) is -0.933. The van der Waals surface area contributed by atoms with E-state index in [1.165, 1.54) is 5.69 Å². The molecule has 1 N–H and O–H groups in total. The summed E-state index contributed by atoms with van der Waals surface area (Å²) in [6, 6.07) is 21.0. The molecule has 10 rings (SSSR count). The van der Waals surface area contributed by atoms with Gasteiger partial charge in [0.2, 0.25) is 11.8 Å². The van der Waals surface area contributed by atoms with Crippen molar-refractivity contribution in [1.29, 1.82) is 5.26 Å². The van der Waals surface area contributed by atoms with Crippen molar-refractivity contribution < 1.29 is 24.0 Å². The molecule has 14 heteroatoms. The van der Waals surface area contributed by atoms with Crippen LogP contribution in [0.1, 0.15) is 88.0 Å². The molecule has 7 heterocycles. The van der Waals surface area contributed by atoms with E-state index in [-0.39, 0.29) is 30.1 Å². The van der Waals surface area contributed by atoms with E-state index in [9.17, 15) is 29.2 Å². The highest BCUT2D eigenvalue weighted by atomic mass is 35.5. The Morgan fingerprint density at radius 3 is 2.02 bits per heavy atom. The molecule has 3 atom stereocenters. The van der Waals surface area contributed by atoms with E-state index in [4.69, 9.17) is 11.6 Å².